The SMILES string of the molecule is CCCC(Cl)=C(C(=O)OCC)C(=O)OCC. The number of rotatable bonds is 6. The van der Waals surface area contributed by atoms with Gasteiger partial charge in [-0.1, -0.05) is 24.9 Å². The van der Waals surface area contributed by atoms with Gasteiger partial charge in [0, 0.05) is 5.03 Å². The zero-order valence-electron chi connectivity index (χ0n) is 9.84. The standard InChI is InChI=1S/C11H17ClO4/c1-4-7-8(12)9(10(13)15-5-2)11(14)16-6-3/h4-7H2,1-3H3. The van der Waals surface area contributed by atoms with Crippen LogP contribution in [-0.4, -0.2) is 25.2 Å². The fraction of sp³-hybridized carbons (Fsp3) is 0.636. The molecule has 92 valence electrons. The minimum Gasteiger partial charge on any atom is -0.462 e. The Balaban J connectivity index is 4.96. The van der Waals surface area contributed by atoms with E-state index in [2.05, 4.69) is 0 Å². The molecule has 0 atom stereocenters. The molecule has 0 amide bonds. The number of halogens is 1. The van der Waals surface area contributed by atoms with E-state index in [-0.39, 0.29) is 23.8 Å². The summed E-state index contributed by atoms with van der Waals surface area (Å²) in [5, 5.41) is 0.194. The molecule has 16 heavy (non-hydrogen) atoms. The van der Waals surface area contributed by atoms with Crippen molar-refractivity contribution in [2.75, 3.05) is 13.2 Å². The molecule has 0 spiro atoms. The molecule has 0 aromatic rings. The van der Waals surface area contributed by atoms with Crippen molar-refractivity contribution in [1.82, 2.24) is 0 Å². The van der Waals surface area contributed by atoms with Crippen LogP contribution in [0.5, 0.6) is 0 Å². The monoisotopic (exact) mass is 248 g/mol. The molecule has 0 aromatic carbocycles. The lowest BCUT2D eigenvalue weighted by Gasteiger charge is -2.08. The van der Waals surface area contributed by atoms with E-state index in [0.29, 0.717) is 6.42 Å². The first kappa shape index (κ1) is 15.0. The maximum atomic E-state index is 11.5. The first-order valence-corrected chi connectivity index (χ1v) is 5.69. The van der Waals surface area contributed by atoms with Crippen molar-refractivity contribution in [3.05, 3.63) is 10.6 Å². The molecular weight excluding hydrogens is 232 g/mol. The average Bonchev–Trinajstić information content (AvgIpc) is 2.19. The molecule has 0 N–H and O–H groups in total. The number of esters is 2. The van der Waals surface area contributed by atoms with Crippen molar-refractivity contribution >= 4 is 23.5 Å². The van der Waals surface area contributed by atoms with Gasteiger partial charge in [-0.2, -0.15) is 0 Å². The van der Waals surface area contributed by atoms with Crippen LogP contribution in [0.3, 0.4) is 0 Å². The Kier molecular flexibility index (Phi) is 7.64. The Morgan fingerprint density at radius 3 is 1.75 bits per heavy atom. The molecule has 4 nitrogen and oxygen atoms in total. The zero-order chi connectivity index (χ0) is 12.6. The number of carbonyl (C=O) groups excluding carboxylic acids is 2. The van der Waals surface area contributed by atoms with Crippen molar-refractivity contribution in [2.24, 2.45) is 0 Å². The molecule has 0 saturated carbocycles. The van der Waals surface area contributed by atoms with Crippen molar-refractivity contribution < 1.29 is 19.1 Å². The maximum Gasteiger partial charge on any atom is 0.346 e. The van der Waals surface area contributed by atoms with Gasteiger partial charge in [-0.15, -0.1) is 0 Å². The molecular formula is C11H17ClO4. The molecule has 0 heterocycles. The molecule has 0 radical (unpaired) electrons. The molecule has 0 unspecified atom stereocenters. The van der Waals surface area contributed by atoms with Gasteiger partial charge in [-0.3, -0.25) is 0 Å². The number of carbonyl (C=O) groups is 2. The summed E-state index contributed by atoms with van der Waals surface area (Å²) in [6.07, 6.45) is 1.19. The van der Waals surface area contributed by atoms with Crippen LogP contribution in [0.4, 0.5) is 0 Å². The zero-order valence-corrected chi connectivity index (χ0v) is 10.6. The summed E-state index contributed by atoms with van der Waals surface area (Å²) in [5.41, 5.74) is -0.188. The fourth-order valence-corrected chi connectivity index (χ4v) is 1.40. The van der Waals surface area contributed by atoms with E-state index in [1.165, 1.54) is 0 Å². The topological polar surface area (TPSA) is 52.6 Å². The van der Waals surface area contributed by atoms with Gasteiger partial charge in [0.15, 0.2) is 5.57 Å². The van der Waals surface area contributed by atoms with Crippen LogP contribution in [0, 0.1) is 0 Å². The van der Waals surface area contributed by atoms with Crippen LogP contribution < -0.4 is 0 Å². The Hall–Kier alpha value is -1.03. The molecule has 0 aliphatic rings. The molecule has 0 saturated heterocycles. The van der Waals surface area contributed by atoms with E-state index >= 15 is 0 Å². The number of hydrogen-bond acceptors (Lipinski definition) is 4. The van der Waals surface area contributed by atoms with Gasteiger partial charge >= 0.3 is 11.9 Å². The van der Waals surface area contributed by atoms with Crippen LogP contribution in [-0.2, 0) is 19.1 Å². The number of allylic oxidation sites excluding steroid dienone is 1. The van der Waals surface area contributed by atoms with Gasteiger partial charge in [0.1, 0.15) is 0 Å². The van der Waals surface area contributed by atoms with Gasteiger partial charge < -0.3 is 9.47 Å². The maximum absolute atomic E-state index is 11.5. The summed E-state index contributed by atoms with van der Waals surface area (Å²) in [6, 6.07) is 0. The van der Waals surface area contributed by atoms with Crippen LogP contribution >= 0.6 is 11.6 Å². The molecule has 0 aromatic heterocycles. The third-order valence-corrected chi connectivity index (χ3v) is 2.08. The quantitative estimate of drug-likeness (QED) is 0.314. The summed E-state index contributed by atoms with van der Waals surface area (Å²) >= 11 is 5.89. The summed E-state index contributed by atoms with van der Waals surface area (Å²) in [6.45, 7) is 5.61. The highest BCUT2D eigenvalue weighted by molar-refractivity contribution is 6.35. The van der Waals surface area contributed by atoms with E-state index in [9.17, 15) is 9.59 Å². The highest BCUT2D eigenvalue weighted by Crippen LogP contribution is 2.18. The summed E-state index contributed by atoms with van der Waals surface area (Å²) < 4.78 is 9.51. The van der Waals surface area contributed by atoms with Crippen LogP contribution in [0.15, 0.2) is 10.6 Å². The van der Waals surface area contributed by atoms with E-state index in [1.807, 2.05) is 6.92 Å². The van der Waals surface area contributed by atoms with Crippen LogP contribution in [0.25, 0.3) is 0 Å². The van der Waals surface area contributed by atoms with Crippen molar-refractivity contribution in [3.63, 3.8) is 0 Å². The third kappa shape index (κ3) is 4.66. The number of ether oxygens (including phenoxy) is 2. The molecule has 0 bridgehead atoms. The predicted molar refractivity (Wildman–Crippen MR) is 61.1 cm³/mol. The van der Waals surface area contributed by atoms with Gasteiger partial charge in [-0.25, -0.2) is 9.59 Å². The van der Waals surface area contributed by atoms with Gasteiger partial charge in [0.25, 0.3) is 0 Å². The van der Waals surface area contributed by atoms with E-state index < -0.39 is 11.9 Å². The second-order valence-corrected chi connectivity index (χ2v) is 3.43. The predicted octanol–water partition coefficient (Wildman–Crippen LogP) is 2.41. The lowest BCUT2D eigenvalue weighted by atomic mass is 10.2. The van der Waals surface area contributed by atoms with Crippen molar-refractivity contribution in [2.45, 2.75) is 33.6 Å². The smallest absolute Gasteiger partial charge is 0.346 e. The second kappa shape index (κ2) is 8.16. The molecule has 0 rings (SSSR count). The van der Waals surface area contributed by atoms with Gasteiger partial charge in [0.05, 0.1) is 13.2 Å². The molecule has 0 aliphatic carbocycles. The Morgan fingerprint density at radius 2 is 1.44 bits per heavy atom. The highest BCUT2D eigenvalue weighted by atomic mass is 35.5. The molecule has 0 fully saturated rings. The third-order valence-electron chi connectivity index (χ3n) is 1.70. The fourth-order valence-electron chi connectivity index (χ4n) is 1.06. The van der Waals surface area contributed by atoms with Crippen molar-refractivity contribution in [3.8, 4) is 0 Å². The molecule has 0 aliphatic heterocycles. The Morgan fingerprint density at radius 1 is 1.00 bits per heavy atom. The summed E-state index contributed by atoms with van der Waals surface area (Å²) in [4.78, 5) is 23.0. The Labute approximate surface area is 101 Å². The summed E-state index contributed by atoms with van der Waals surface area (Å²) in [5.74, 6) is -1.45. The van der Waals surface area contributed by atoms with Crippen LogP contribution in [0.2, 0.25) is 0 Å². The van der Waals surface area contributed by atoms with Gasteiger partial charge in [-0.05, 0) is 20.3 Å². The lowest BCUT2D eigenvalue weighted by molar-refractivity contribution is -0.146. The largest absolute Gasteiger partial charge is 0.462 e. The average molecular weight is 249 g/mol. The first-order chi connectivity index (χ1) is 7.58. The number of hydrogen-bond donors (Lipinski definition) is 0. The Bertz CT molecular complexity index is 264. The van der Waals surface area contributed by atoms with E-state index in [0.717, 1.165) is 6.42 Å². The summed E-state index contributed by atoms with van der Waals surface area (Å²) in [7, 11) is 0. The normalized spacial score (nSPS) is 9.50. The first-order valence-electron chi connectivity index (χ1n) is 5.31. The van der Waals surface area contributed by atoms with Crippen molar-refractivity contribution in [1.29, 1.82) is 0 Å². The van der Waals surface area contributed by atoms with E-state index in [1.54, 1.807) is 13.8 Å². The highest BCUT2D eigenvalue weighted by Gasteiger charge is 2.24. The van der Waals surface area contributed by atoms with Crippen LogP contribution in [0.1, 0.15) is 33.6 Å². The second-order valence-electron chi connectivity index (χ2n) is 2.97. The molecule has 5 heteroatoms. The lowest BCUT2D eigenvalue weighted by Crippen LogP contribution is -2.19. The van der Waals surface area contributed by atoms with Gasteiger partial charge in [0.2, 0.25) is 0 Å². The minimum absolute atomic E-state index is 0.188. The van der Waals surface area contributed by atoms with E-state index in [4.69, 9.17) is 21.1 Å². The minimum atomic E-state index is -0.723.